The molecule has 0 aliphatic carbocycles. The van der Waals surface area contributed by atoms with Crippen molar-refractivity contribution >= 4 is 5.97 Å². The summed E-state index contributed by atoms with van der Waals surface area (Å²) >= 11 is 0. The van der Waals surface area contributed by atoms with Gasteiger partial charge in [0.25, 0.3) is 0 Å². The van der Waals surface area contributed by atoms with Crippen LogP contribution < -0.4 is 0 Å². The van der Waals surface area contributed by atoms with Crippen molar-refractivity contribution in [2.24, 2.45) is 0 Å². The lowest BCUT2D eigenvalue weighted by Gasteiger charge is -1.88. The van der Waals surface area contributed by atoms with E-state index in [9.17, 15) is 4.79 Å². The number of rotatable bonds is 2. The highest BCUT2D eigenvalue weighted by atomic mass is 16.6. The second-order valence-electron chi connectivity index (χ2n) is 1.27. The number of esters is 1. The fourth-order valence-corrected chi connectivity index (χ4v) is 0.256. The number of ether oxygens (including phenoxy) is 2. The molecule has 0 saturated carbocycles. The van der Waals surface area contributed by atoms with E-state index in [2.05, 4.69) is 21.3 Å². The summed E-state index contributed by atoms with van der Waals surface area (Å²) in [5, 5.41) is 8.08. The lowest BCUT2D eigenvalue weighted by atomic mass is 10.6. The van der Waals surface area contributed by atoms with Crippen LogP contribution in [0.3, 0.4) is 0 Å². The van der Waals surface area contributed by atoms with Gasteiger partial charge in [-0.05, 0) is 0 Å². The van der Waals surface area contributed by atoms with Crippen LogP contribution in [-0.2, 0) is 14.3 Å². The quantitative estimate of drug-likeness (QED) is 0.180. The summed E-state index contributed by atoms with van der Waals surface area (Å²) in [6.07, 6.45) is 0. The molecular formula is C6H8O4. The molecule has 0 spiro atoms. The molecule has 0 amide bonds. The number of hydrogen-bond donors (Lipinski definition) is 1. The minimum Gasteiger partial charge on any atom is -0.459 e. The van der Waals surface area contributed by atoms with E-state index in [-0.39, 0.29) is 6.61 Å². The third kappa shape index (κ3) is 5.09. The first kappa shape index (κ1) is 8.95. The molecule has 0 aliphatic heterocycles. The summed E-state index contributed by atoms with van der Waals surface area (Å²) in [6, 6.07) is 0. The van der Waals surface area contributed by atoms with E-state index in [0.717, 1.165) is 0 Å². The van der Waals surface area contributed by atoms with Crippen molar-refractivity contribution in [3.05, 3.63) is 0 Å². The monoisotopic (exact) mass is 144 g/mol. The predicted molar refractivity (Wildman–Crippen MR) is 32.8 cm³/mol. The van der Waals surface area contributed by atoms with Crippen molar-refractivity contribution in [1.29, 1.82) is 0 Å². The zero-order valence-electron chi connectivity index (χ0n) is 5.59. The molecule has 0 unspecified atom stereocenters. The fourth-order valence-electron chi connectivity index (χ4n) is 0.256. The molecule has 0 atom stereocenters. The van der Waals surface area contributed by atoms with E-state index >= 15 is 0 Å². The number of hydrogen-bond acceptors (Lipinski definition) is 4. The molecule has 4 heteroatoms. The van der Waals surface area contributed by atoms with Crippen LogP contribution in [0.2, 0.25) is 0 Å². The van der Waals surface area contributed by atoms with Gasteiger partial charge in [0, 0.05) is 5.92 Å². The van der Waals surface area contributed by atoms with Gasteiger partial charge in [0.1, 0.15) is 13.4 Å². The minimum absolute atomic E-state index is 0.0333. The Hall–Kier alpha value is -1.05. The van der Waals surface area contributed by atoms with E-state index in [1.165, 1.54) is 7.11 Å². The van der Waals surface area contributed by atoms with Gasteiger partial charge in [-0.2, -0.15) is 0 Å². The number of carbonyl (C=O) groups excluding carboxylic acids is 1. The first-order chi connectivity index (χ1) is 4.81. The predicted octanol–water partition coefficient (Wildman–Crippen LogP) is -0.871. The zero-order chi connectivity index (χ0) is 7.82. The van der Waals surface area contributed by atoms with Gasteiger partial charge in [-0.3, -0.25) is 0 Å². The van der Waals surface area contributed by atoms with Crippen molar-refractivity contribution in [3.8, 4) is 11.8 Å². The van der Waals surface area contributed by atoms with Crippen molar-refractivity contribution in [2.75, 3.05) is 20.5 Å². The molecule has 56 valence electrons. The van der Waals surface area contributed by atoms with Crippen LogP contribution >= 0.6 is 0 Å². The lowest BCUT2D eigenvalue weighted by molar-refractivity contribution is -0.133. The van der Waals surface area contributed by atoms with Crippen LogP contribution in [0.25, 0.3) is 0 Å². The highest BCUT2D eigenvalue weighted by Crippen LogP contribution is 1.69. The average molecular weight is 144 g/mol. The van der Waals surface area contributed by atoms with E-state index in [1.54, 1.807) is 0 Å². The number of methoxy groups -OCH3 is 1. The van der Waals surface area contributed by atoms with E-state index in [0.29, 0.717) is 0 Å². The Labute approximate surface area is 58.7 Å². The molecule has 4 nitrogen and oxygen atoms in total. The molecule has 0 radical (unpaired) electrons. The second-order valence-corrected chi connectivity index (χ2v) is 1.27. The van der Waals surface area contributed by atoms with Crippen LogP contribution in [0.15, 0.2) is 0 Å². The van der Waals surface area contributed by atoms with Crippen LogP contribution in [0.1, 0.15) is 0 Å². The van der Waals surface area contributed by atoms with Crippen LogP contribution in [-0.4, -0.2) is 31.6 Å². The first-order valence-electron chi connectivity index (χ1n) is 2.56. The molecule has 0 aliphatic rings. The normalized spacial score (nSPS) is 7.80. The molecular weight excluding hydrogens is 136 g/mol. The summed E-state index contributed by atoms with van der Waals surface area (Å²) in [4.78, 5) is 10.3. The minimum atomic E-state index is -0.610. The maximum atomic E-state index is 10.3. The third-order valence-electron chi connectivity index (χ3n) is 0.641. The summed E-state index contributed by atoms with van der Waals surface area (Å²) < 4.78 is 8.60. The van der Waals surface area contributed by atoms with Gasteiger partial charge >= 0.3 is 5.97 Å². The Bertz CT molecular complexity index is 153. The van der Waals surface area contributed by atoms with Gasteiger partial charge in [0.15, 0.2) is 0 Å². The van der Waals surface area contributed by atoms with Gasteiger partial charge in [0.2, 0.25) is 0 Å². The van der Waals surface area contributed by atoms with Crippen molar-refractivity contribution in [2.45, 2.75) is 0 Å². The highest BCUT2D eigenvalue weighted by molar-refractivity contribution is 5.88. The third-order valence-corrected chi connectivity index (χ3v) is 0.641. The first-order valence-corrected chi connectivity index (χ1v) is 2.56. The topological polar surface area (TPSA) is 55.8 Å². The molecule has 0 aromatic heterocycles. The zero-order valence-corrected chi connectivity index (χ0v) is 5.59. The Morgan fingerprint density at radius 3 is 2.90 bits per heavy atom. The van der Waals surface area contributed by atoms with Gasteiger partial charge in [0.05, 0.1) is 7.11 Å². The lowest BCUT2D eigenvalue weighted by Crippen LogP contribution is -1.97. The molecule has 0 bridgehead atoms. The average Bonchev–Trinajstić information content (AvgIpc) is 1.98. The maximum Gasteiger partial charge on any atom is 0.384 e. The van der Waals surface area contributed by atoms with E-state index < -0.39 is 12.8 Å². The maximum absolute atomic E-state index is 10.3. The Morgan fingerprint density at radius 1 is 1.70 bits per heavy atom. The van der Waals surface area contributed by atoms with Gasteiger partial charge in [-0.1, -0.05) is 5.92 Å². The standard InChI is InChI=1S/C6H8O4/c1-9-6(8)3-2-4-10-5-7/h7H,4-5H2,1H3. The van der Waals surface area contributed by atoms with Crippen molar-refractivity contribution in [1.82, 2.24) is 0 Å². The molecule has 0 aromatic rings. The van der Waals surface area contributed by atoms with E-state index in [1.807, 2.05) is 0 Å². The molecule has 10 heavy (non-hydrogen) atoms. The van der Waals surface area contributed by atoms with Gasteiger partial charge in [-0.15, -0.1) is 0 Å². The Kier molecular flexibility index (Phi) is 5.44. The molecule has 1 N–H and O–H groups in total. The smallest absolute Gasteiger partial charge is 0.384 e. The summed E-state index contributed by atoms with van der Waals surface area (Å²) in [5.74, 6) is 3.84. The molecule has 0 rings (SSSR count). The van der Waals surface area contributed by atoms with Crippen LogP contribution in [0.4, 0.5) is 0 Å². The fraction of sp³-hybridized carbons (Fsp3) is 0.500. The van der Waals surface area contributed by atoms with E-state index in [4.69, 9.17) is 5.11 Å². The molecule has 0 aromatic carbocycles. The molecule has 0 saturated heterocycles. The summed E-state index contributed by atoms with van der Waals surface area (Å²) in [5.41, 5.74) is 0. The highest BCUT2D eigenvalue weighted by Gasteiger charge is 1.86. The molecule has 0 fully saturated rings. The summed E-state index contributed by atoms with van der Waals surface area (Å²) in [7, 11) is 1.24. The summed E-state index contributed by atoms with van der Waals surface area (Å²) in [6.45, 7) is -0.360. The number of aliphatic hydroxyl groups is 1. The van der Waals surface area contributed by atoms with Crippen LogP contribution in [0.5, 0.6) is 0 Å². The second kappa shape index (κ2) is 6.08. The van der Waals surface area contributed by atoms with Crippen molar-refractivity contribution in [3.63, 3.8) is 0 Å². The van der Waals surface area contributed by atoms with Crippen molar-refractivity contribution < 1.29 is 19.4 Å². The SMILES string of the molecule is COC(=O)C#CCOCO. The largest absolute Gasteiger partial charge is 0.459 e. The van der Waals surface area contributed by atoms with Crippen LogP contribution in [0, 0.1) is 11.8 Å². The number of carbonyl (C=O) groups is 1. The molecule has 0 heterocycles. The Morgan fingerprint density at radius 2 is 2.40 bits per heavy atom. The van der Waals surface area contributed by atoms with Gasteiger partial charge < -0.3 is 14.6 Å². The Balaban J connectivity index is 3.39. The number of aliphatic hydroxyl groups excluding tert-OH is 1. The van der Waals surface area contributed by atoms with Gasteiger partial charge in [-0.25, -0.2) is 4.79 Å².